The Morgan fingerprint density at radius 2 is 1.62 bits per heavy atom. The van der Waals surface area contributed by atoms with Gasteiger partial charge in [-0.3, -0.25) is 10.4 Å². The van der Waals surface area contributed by atoms with Crippen LogP contribution in [0.5, 0.6) is 5.75 Å². The van der Waals surface area contributed by atoms with Gasteiger partial charge in [-0.25, -0.2) is 0 Å². The van der Waals surface area contributed by atoms with Gasteiger partial charge < -0.3 is 16.2 Å². The Hall–Kier alpha value is -3.34. The van der Waals surface area contributed by atoms with Gasteiger partial charge in [-0.15, -0.1) is 0 Å². The summed E-state index contributed by atoms with van der Waals surface area (Å²) in [5.41, 5.74) is 11.8. The van der Waals surface area contributed by atoms with Crippen molar-refractivity contribution in [1.29, 1.82) is 5.41 Å². The van der Waals surface area contributed by atoms with E-state index in [1.165, 1.54) is 0 Å². The molecule has 0 radical (unpaired) electrons. The molecule has 1 heterocycles. The van der Waals surface area contributed by atoms with Gasteiger partial charge in [0.25, 0.3) is 0 Å². The standard InChI is InChI=1S/C21H22N4O/c1-13-18(11-24-14(2)20(13)26)12-25-19-9-7-16(8-10-19)15-3-5-17(6-4-15)21(22)23/h3-11,25-26H,12H2,1-2H3,(H3,22,23). The van der Waals surface area contributed by atoms with Crippen LogP contribution in [-0.4, -0.2) is 15.9 Å². The van der Waals surface area contributed by atoms with Gasteiger partial charge in [0, 0.05) is 24.0 Å². The summed E-state index contributed by atoms with van der Waals surface area (Å²) in [6, 6.07) is 15.8. The van der Waals surface area contributed by atoms with Crippen molar-refractivity contribution in [3.8, 4) is 16.9 Å². The van der Waals surface area contributed by atoms with Crippen LogP contribution in [0.3, 0.4) is 0 Å². The number of hydrogen-bond acceptors (Lipinski definition) is 4. The summed E-state index contributed by atoms with van der Waals surface area (Å²) in [5.74, 6) is 0.330. The molecule has 0 aliphatic rings. The molecule has 0 fully saturated rings. The minimum atomic E-state index is 0.0722. The smallest absolute Gasteiger partial charge is 0.140 e. The van der Waals surface area contributed by atoms with Gasteiger partial charge in [0.1, 0.15) is 11.6 Å². The first kappa shape index (κ1) is 17.5. The van der Waals surface area contributed by atoms with Crippen LogP contribution in [0.25, 0.3) is 11.1 Å². The zero-order valence-corrected chi connectivity index (χ0v) is 14.9. The van der Waals surface area contributed by atoms with Crippen LogP contribution < -0.4 is 11.1 Å². The predicted molar refractivity (Wildman–Crippen MR) is 106 cm³/mol. The highest BCUT2D eigenvalue weighted by Crippen LogP contribution is 2.24. The number of nitrogens with one attached hydrogen (secondary N) is 2. The molecule has 0 aliphatic heterocycles. The van der Waals surface area contributed by atoms with Crippen molar-refractivity contribution in [3.05, 3.63) is 77.1 Å². The maximum Gasteiger partial charge on any atom is 0.140 e. The normalized spacial score (nSPS) is 10.5. The summed E-state index contributed by atoms with van der Waals surface area (Å²) in [6.07, 6.45) is 1.79. The second-order valence-corrected chi connectivity index (χ2v) is 6.26. The minimum absolute atomic E-state index is 0.0722. The average Bonchev–Trinajstić information content (AvgIpc) is 2.66. The predicted octanol–water partition coefficient (Wildman–Crippen LogP) is 3.97. The highest BCUT2D eigenvalue weighted by atomic mass is 16.3. The molecule has 0 atom stereocenters. The van der Waals surface area contributed by atoms with Gasteiger partial charge >= 0.3 is 0 Å². The zero-order valence-electron chi connectivity index (χ0n) is 14.9. The SMILES string of the molecule is Cc1ncc(CNc2ccc(-c3ccc(C(=N)N)cc3)cc2)c(C)c1O. The lowest BCUT2D eigenvalue weighted by Crippen LogP contribution is -2.10. The quantitative estimate of drug-likeness (QED) is 0.415. The van der Waals surface area contributed by atoms with E-state index in [-0.39, 0.29) is 11.6 Å². The van der Waals surface area contributed by atoms with E-state index in [1.54, 1.807) is 13.1 Å². The third-order valence-corrected chi connectivity index (χ3v) is 4.49. The molecular formula is C21H22N4O. The third kappa shape index (κ3) is 3.67. The molecule has 5 heteroatoms. The Labute approximate surface area is 153 Å². The number of amidine groups is 1. The first-order valence-electron chi connectivity index (χ1n) is 8.38. The van der Waals surface area contributed by atoms with E-state index >= 15 is 0 Å². The molecular weight excluding hydrogens is 324 g/mol. The topological polar surface area (TPSA) is 95.0 Å². The van der Waals surface area contributed by atoms with E-state index in [0.29, 0.717) is 12.2 Å². The molecule has 132 valence electrons. The van der Waals surface area contributed by atoms with Gasteiger partial charge in [-0.05, 0) is 48.2 Å². The van der Waals surface area contributed by atoms with E-state index in [9.17, 15) is 5.11 Å². The van der Waals surface area contributed by atoms with E-state index in [4.69, 9.17) is 11.1 Å². The summed E-state index contributed by atoms with van der Waals surface area (Å²) in [4.78, 5) is 4.21. The van der Waals surface area contributed by atoms with Crippen LogP contribution in [0.1, 0.15) is 22.4 Å². The molecule has 2 aromatic carbocycles. The number of aromatic nitrogens is 1. The molecule has 3 rings (SSSR count). The van der Waals surface area contributed by atoms with E-state index in [1.807, 2.05) is 55.5 Å². The van der Waals surface area contributed by atoms with Crippen LogP contribution in [0, 0.1) is 19.3 Å². The summed E-state index contributed by atoms with van der Waals surface area (Å²) >= 11 is 0. The summed E-state index contributed by atoms with van der Waals surface area (Å²) in [6.45, 7) is 4.29. The Bertz CT molecular complexity index is 931. The van der Waals surface area contributed by atoms with Crippen molar-refractivity contribution in [2.24, 2.45) is 5.73 Å². The molecule has 1 aromatic heterocycles. The fraction of sp³-hybridized carbons (Fsp3) is 0.143. The highest BCUT2D eigenvalue weighted by molar-refractivity contribution is 5.95. The number of pyridine rings is 1. The molecule has 0 bridgehead atoms. The second kappa shape index (κ2) is 7.27. The Morgan fingerprint density at radius 1 is 1.04 bits per heavy atom. The molecule has 5 nitrogen and oxygen atoms in total. The second-order valence-electron chi connectivity index (χ2n) is 6.26. The largest absolute Gasteiger partial charge is 0.506 e. The van der Waals surface area contributed by atoms with Gasteiger partial charge in [0.05, 0.1) is 5.69 Å². The maximum atomic E-state index is 9.99. The number of anilines is 1. The average molecular weight is 346 g/mol. The molecule has 0 aliphatic carbocycles. The molecule has 0 unspecified atom stereocenters. The number of rotatable bonds is 5. The van der Waals surface area contributed by atoms with E-state index < -0.39 is 0 Å². The molecule has 0 saturated carbocycles. The van der Waals surface area contributed by atoms with Gasteiger partial charge in [-0.1, -0.05) is 36.4 Å². The molecule has 26 heavy (non-hydrogen) atoms. The van der Waals surface area contributed by atoms with E-state index in [0.717, 1.165) is 33.5 Å². The molecule has 5 N–H and O–H groups in total. The van der Waals surface area contributed by atoms with Crippen LogP contribution in [-0.2, 0) is 6.54 Å². The Balaban J connectivity index is 1.70. The summed E-state index contributed by atoms with van der Waals surface area (Å²) in [5, 5.41) is 20.8. The first-order valence-corrected chi connectivity index (χ1v) is 8.38. The summed E-state index contributed by atoms with van der Waals surface area (Å²) in [7, 11) is 0. The highest BCUT2D eigenvalue weighted by Gasteiger charge is 2.07. The lowest BCUT2D eigenvalue weighted by Gasteiger charge is -2.12. The Morgan fingerprint density at radius 3 is 2.19 bits per heavy atom. The van der Waals surface area contributed by atoms with E-state index in [2.05, 4.69) is 10.3 Å². The lowest BCUT2D eigenvalue weighted by molar-refractivity contribution is 0.462. The molecule has 0 saturated heterocycles. The van der Waals surface area contributed by atoms with Crippen LogP contribution in [0.2, 0.25) is 0 Å². The van der Waals surface area contributed by atoms with Crippen LogP contribution in [0.15, 0.2) is 54.7 Å². The number of hydrogen-bond donors (Lipinski definition) is 4. The van der Waals surface area contributed by atoms with Gasteiger partial charge in [0.15, 0.2) is 0 Å². The van der Waals surface area contributed by atoms with Gasteiger partial charge in [0.2, 0.25) is 0 Å². The fourth-order valence-electron chi connectivity index (χ4n) is 2.75. The monoisotopic (exact) mass is 346 g/mol. The third-order valence-electron chi connectivity index (χ3n) is 4.49. The van der Waals surface area contributed by atoms with Crippen molar-refractivity contribution in [2.75, 3.05) is 5.32 Å². The molecule has 3 aromatic rings. The van der Waals surface area contributed by atoms with Gasteiger partial charge in [-0.2, -0.15) is 0 Å². The first-order chi connectivity index (χ1) is 12.5. The van der Waals surface area contributed by atoms with Crippen molar-refractivity contribution in [2.45, 2.75) is 20.4 Å². The maximum absolute atomic E-state index is 9.99. The summed E-state index contributed by atoms with van der Waals surface area (Å²) < 4.78 is 0. The number of nitrogens with two attached hydrogens (primary N) is 1. The van der Waals surface area contributed by atoms with Crippen molar-refractivity contribution in [3.63, 3.8) is 0 Å². The zero-order chi connectivity index (χ0) is 18.7. The minimum Gasteiger partial charge on any atom is -0.506 e. The lowest BCUT2D eigenvalue weighted by atomic mass is 10.0. The number of aromatic hydroxyl groups is 1. The van der Waals surface area contributed by atoms with Crippen LogP contribution >= 0.6 is 0 Å². The number of benzene rings is 2. The number of nitrogen functional groups attached to an aromatic ring is 1. The molecule has 0 spiro atoms. The van der Waals surface area contributed by atoms with Crippen molar-refractivity contribution >= 4 is 11.5 Å². The number of nitrogens with zero attached hydrogens (tertiary/aromatic N) is 1. The number of aryl methyl sites for hydroxylation is 1. The Kier molecular flexibility index (Phi) is 4.89. The van der Waals surface area contributed by atoms with Crippen molar-refractivity contribution in [1.82, 2.24) is 4.98 Å². The fourth-order valence-corrected chi connectivity index (χ4v) is 2.75. The van der Waals surface area contributed by atoms with Crippen LogP contribution in [0.4, 0.5) is 5.69 Å². The van der Waals surface area contributed by atoms with Crippen molar-refractivity contribution < 1.29 is 5.11 Å². The molecule has 0 amide bonds.